The van der Waals surface area contributed by atoms with Crippen LogP contribution in [-0.2, 0) is 4.79 Å². The summed E-state index contributed by atoms with van der Waals surface area (Å²) in [6.45, 7) is 6.48. The van der Waals surface area contributed by atoms with E-state index < -0.39 is 0 Å². The van der Waals surface area contributed by atoms with Crippen molar-refractivity contribution in [1.29, 1.82) is 0 Å². The minimum atomic E-state index is 0.0437. The average Bonchev–Trinajstić information content (AvgIpc) is 3.12. The Bertz CT molecular complexity index is 1120. The maximum atomic E-state index is 13.2. The summed E-state index contributed by atoms with van der Waals surface area (Å²) in [5, 5.41) is 13.7. The molecule has 168 valence electrons. The van der Waals surface area contributed by atoms with E-state index in [1.54, 1.807) is 30.5 Å². The van der Waals surface area contributed by atoms with Gasteiger partial charge in [-0.05, 0) is 92.0 Å². The Balaban J connectivity index is 1.39. The first-order valence-electron chi connectivity index (χ1n) is 11.7. The third-order valence-corrected chi connectivity index (χ3v) is 7.27. The molecule has 2 bridgehead atoms. The largest absolute Gasteiger partial charge is 0.507 e. The Hall–Kier alpha value is -2.89. The molecular formula is C26H31N3O3. The molecular weight excluding hydrogens is 402 g/mol. The predicted octanol–water partition coefficient (Wildman–Crippen LogP) is 6.08. The number of hydrogen-bond acceptors (Lipinski definition) is 5. The number of aryl methyl sites for hydroxylation is 1. The number of carbonyl (C=O) groups is 1. The monoisotopic (exact) mass is 433 g/mol. The molecule has 3 aromatic rings. The molecule has 2 fully saturated rings. The van der Waals surface area contributed by atoms with Gasteiger partial charge in [-0.2, -0.15) is 4.98 Å². The Morgan fingerprint density at radius 1 is 1.22 bits per heavy atom. The van der Waals surface area contributed by atoms with Gasteiger partial charge < -0.3 is 14.8 Å². The molecule has 6 nitrogen and oxygen atoms in total. The molecule has 0 aliphatic heterocycles. The van der Waals surface area contributed by atoms with E-state index in [2.05, 4.69) is 29.1 Å². The van der Waals surface area contributed by atoms with Gasteiger partial charge in [0.25, 0.3) is 0 Å². The van der Waals surface area contributed by atoms with Crippen LogP contribution in [-0.4, -0.2) is 21.0 Å². The van der Waals surface area contributed by atoms with Gasteiger partial charge in [0.15, 0.2) is 11.2 Å². The number of aromatic nitrogens is 2. The Morgan fingerprint density at radius 3 is 2.69 bits per heavy atom. The third kappa shape index (κ3) is 3.98. The van der Waals surface area contributed by atoms with Crippen LogP contribution in [0.5, 0.6) is 5.75 Å². The van der Waals surface area contributed by atoms with Crippen LogP contribution in [0.2, 0.25) is 0 Å². The number of amides is 1. The lowest BCUT2D eigenvalue weighted by Crippen LogP contribution is -2.41. The van der Waals surface area contributed by atoms with Crippen molar-refractivity contribution in [2.45, 2.75) is 59.3 Å². The highest BCUT2D eigenvalue weighted by molar-refractivity contribution is 5.92. The highest BCUT2D eigenvalue weighted by Crippen LogP contribution is 2.54. The molecule has 0 spiro atoms. The van der Waals surface area contributed by atoms with E-state index in [9.17, 15) is 9.90 Å². The number of aromatic hydroxyl groups is 1. The minimum Gasteiger partial charge on any atom is -0.507 e. The normalized spacial score (nSPS) is 27.4. The molecule has 2 unspecified atom stereocenters. The molecule has 2 aliphatic rings. The molecule has 2 atom stereocenters. The van der Waals surface area contributed by atoms with E-state index in [1.165, 1.54) is 19.3 Å². The van der Waals surface area contributed by atoms with Gasteiger partial charge in [-0.25, -0.2) is 4.98 Å². The van der Waals surface area contributed by atoms with Crippen LogP contribution in [0.1, 0.15) is 57.9 Å². The molecule has 2 aliphatic carbocycles. The SMILES string of the molecule is Cc1cc(NC(=O)CC23CC(C)CC(CC(C)C2)C3)cc(-c2nc3ncccc3o2)c1O. The number of fused-ring (bicyclic) bond motifs is 3. The third-order valence-electron chi connectivity index (χ3n) is 7.27. The van der Waals surface area contributed by atoms with E-state index >= 15 is 0 Å². The number of benzene rings is 1. The Kier molecular flexibility index (Phi) is 5.19. The molecule has 1 amide bonds. The molecule has 2 heterocycles. The fraction of sp³-hybridized carbons (Fsp3) is 0.500. The van der Waals surface area contributed by atoms with E-state index in [-0.39, 0.29) is 17.1 Å². The molecule has 0 saturated heterocycles. The van der Waals surface area contributed by atoms with Crippen molar-refractivity contribution in [3.63, 3.8) is 0 Å². The maximum Gasteiger partial charge on any atom is 0.232 e. The molecule has 2 aromatic heterocycles. The van der Waals surface area contributed by atoms with E-state index in [0.717, 1.165) is 18.8 Å². The zero-order valence-corrected chi connectivity index (χ0v) is 19.0. The second kappa shape index (κ2) is 7.91. The zero-order valence-electron chi connectivity index (χ0n) is 19.0. The summed E-state index contributed by atoms with van der Waals surface area (Å²) >= 11 is 0. The first-order valence-corrected chi connectivity index (χ1v) is 11.7. The second-order valence-electron chi connectivity index (χ2n) is 10.4. The van der Waals surface area contributed by atoms with Gasteiger partial charge in [-0.3, -0.25) is 4.79 Å². The molecule has 1 aromatic carbocycles. The van der Waals surface area contributed by atoms with Crippen LogP contribution in [0.3, 0.4) is 0 Å². The van der Waals surface area contributed by atoms with Crippen molar-refractivity contribution in [1.82, 2.24) is 9.97 Å². The van der Waals surface area contributed by atoms with Crippen LogP contribution < -0.4 is 5.32 Å². The van der Waals surface area contributed by atoms with Gasteiger partial charge in [0.1, 0.15) is 5.75 Å². The molecule has 2 N–H and O–H groups in total. The number of oxazole rings is 1. The number of rotatable bonds is 4. The summed E-state index contributed by atoms with van der Waals surface area (Å²) in [6, 6.07) is 7.10. The van der Waals surface area contributed by atoms with Gasteiger partial charge in [-0.15, -0.1) is 0 Å². The summed E-state index contributed by atoms with van der Waals surface area (Å²) in [4.78, 5) is 21.8. The molecule has 0 radical (unpaired) electrons. The standard InChI is InChI=1S/C26H31N3O3/c1-15-7-18-8-16(2)12-26(11-15,13-18)14-22(30)28-19-9-17(3)23(31)20(10-19)25-29-24-21(32-25)5-4-6-27-24/h4-6,9-10,15-16,18,31H,7-8,11-14H2,1-3H3,(H,28,30). The Labute approximate surface area is 188 Å². The fourth-order valence-corrected chi connectivity index (χ4v) is 6.57. The topological polar surface area (TPSA) is 88.3 Å². The minimum absolute atomic E-state index is 0.0437. The van der Waals surface area contributed by atoms with Gasteiger partial charge >= 0.3 is 0 Å². The lowest BCUT2D eigenvalue weighted by molar-refractivity contribution is -0.121. The van der Waals surface area contributed by atoms with Gasteiger partial charge in [0.05, 0.1) is 5.56 Å². The molecule has 6 heteroatoms. The van der Waals surface area contributed by atoms with Crippen molar-refractivity contribution in [2.75, 3.05) is 5.32 Å². The van der Waals surface area contributed by atoms with Crippen molar-refractivity contribution < 1.29 is 14.3 Å². The average molecular weight is 434 g/mol. The van der Waals surface area contributed by atoms with Crippen molar-refractivity contribution in [2.24, 2.45) is 23.2 Å². The summed E-state index contributed by atoms with van der Waals surface area (Å²) in [7, 11) is 0. The van der Waals surface area contributed by atoms with Gasteiger partial charge in [0.2, 0.25) is 11.8 Å². The van der Waals surface area contributed by atoms with Crippen LogP contribution in [0, 0.1) is 30.1 Å². The maximum absolute atomic E-state index is 13.2. The quantitative estimate of drug-likeness (QED) is 0.487. The number of phenols is 1. The summed E-state index contributed by atoms with van der Waals surface area (Å²) in [5.74, 6) is 2.55. The smallest absolute Gasteiger partial charge is 0.232 e. The molecule has 5 rings (SSSR count). The fourth-order valence-electron chi connectivity index (χ4n) is 6.57. The first-order chi connectivity index (χ1) is 15.3. The van der Waals surface area contributed by atoms with Crippen molar-refractivity contribution >= 4 is 22.8 Å². The number of carbonyl (C=O) groups excluding carboxylic acids is 1. The summed E-state index contributed by atoms with van der Waals surface area (Å²) in [5.41, 5.74) is 2.92. The van der Waals surface area contributed by atoms with Crippen LogP contribution in [0.25, 0.3) is 22.7 Å². The second-order valence-corrected chi connectivity index (χ2v) is 10.4. The highest BCUT2D eigenvalue weighted by Gasteiger charge is 2.45. The van der Waals surface area contributed by atoms with E-state index in [1.807, 2.05) is 6.92 Å². The summed E-state index contributed by atoms with van der Waals surface area (Å²) in [6.07, 6.45) is 8.25. The lowest BCUT2D eigenvalue weighted by atomic mass is 9.55. The zero-order chi connectivity index (χ0) is 22.5. The van der Waals surface area contributed by atoms with Crippen LogP contribution in [0.4, 0.5) is 5.69 Å². The Morgan fingerprint density at radius 2 is 1.97 bits per heavy atom. The number of nitrogens with zero attached hydrogens (tertiary/aromatic N) is 2. The first kappa shape index (κ1) is 21.0. The highest BCUT2D eigenvalue weighted by atomic mass is 16.4. The molecule has 2 saturated carbocycles. The van der Waals surface area contributed by atoms with Crippen molar-refractivity contribution in [3.8, 4) is 17.2 Å². The predicted molar refractivity (Wildman–Crippen MR) is 124 cm³/mol. The van der Waals surface area contributed by atoms with Crippen LogP contribution in [0.15, 0.2) is 34.9 Å². The van der Waals surface area contributed by atoms with Crippen LogP contribution >= 0.6 is 0 Å². The van der Waals surface area contributed by atoms with E-state index in [0.29, 0.717) is 52.2 Å². The molecule has 32 heavy (non-hydrogen) atoms. The van der Waals surface area contributed by atoms with E-state index in [4.69, 9.17) is 4.42 Å². The lowest BCUT2D eigenvalue weighted by Gasteiger charge is -2.49. The summed E-state index contributed by atoms with van der Waals surface area (Å²) < 4.78 is 5.80. The van der Waals surface area contributed by atoms with Crippen molar-refractivity contribution in [3.05, 3.63) is 36.0 Å². The number of hydrogen-bond donors (Lipinski definition) is 2. The number of phenolic OH excluding ortho intramolecular Hbond substituents is 1. The van der Waals surface area contributed by atoms with Gasteiger partial charge in [0, 0.05) is 18.3 Å². The number of pyridine rings is 1. The van der Waals surface area contributed by atoms with Gasteiger partial charge in [-0.1, -0.05) is 13.8 Å². The number of nitrogens with one attached hydrogen (secondary N) is 1. The number of anilines is 1.